The summed E-state index contributed by atoms with van der Waals surface area (Å²) in [5.74, 6) is 0.852. The number of aromatic nitrogens is 2. The van der Waals surface area contributed by atoms with Gasteiger partial charge in [0.15, 0.2) is 5.75 Å². The lowest BCUT2D eigenvalue weighted by atomic mass is 10.1. The molecule has 0 bridgehead atoms. The topological polar surface area (TPSA) is 39.1 Å². The smallest absolute Gasteiger partial charge is 0.161 e. The molecule has 6 heteroatoms. The first kappa shape index (κ1) is 15.8. The van der Waals surface area contributed by atoms with Gasteiger partial charge in [0, 0.05) is 6.54 Å². The van der Waals surface area contributed by atoms with E-state index in [1.54, 1.807) is 18.4 Å². The molecule has 0 aliphatic rings. The average molecular weight is 405 g/mol. The van der Waals surface area contributed by atoms with Crippen molar-refractivity contribution < 1.29 is 4.74 Å². The number of rotatable bonds is 7. The van der Waals surface area contributed by atoms with E-state index >= 15 is 0 Å². The minimum Gasteiger partial charge on any atom is -0.493 e. The lowest BCUT2D eigenvalue weighted by Crippen LogP contribution is -2.25. The van der Waals surface area contributed by atoms with E-state index in [1.807, 2.05) is 6.20 Å². The Bertz CT molecular complexity index is 552. The molecule has 0 amide bonds. The summed E-state index contributed by atoms with van der Waals surface area (Å²) in [6.45, 7) is 6.09. The molecule has 20 heavy (non-hydrogen) atoms. The molecule has 0 aliphatic carbocycles. The van der Waals surface area contributed by atoms with Gasteiger partial charge < -0.3 is 10.1 Å². The van der Waals surface area contributed by atoms with Crippen molar-refractivity contribution in [3.05, 3.63) is 31.8 Å². The molecule has 0 spiro atoms. The summed E-state index contributed by atoms with van der Waals surface area (Å²) in [7, 11) is 1.71. The number of hydrogen-bond acceptors (Lipinski definition) is 4. The maximum Gasteiger partial charge on any atom is 0.161 e. The zero-order valence-electron chi connectivity index (χ0n) is 12.0. The van der Waals surface area contributed by atoms with E-state index in [9.17, 15) is 0 Å². The first-order chi connectivity index (χ1) is 9.71. The third-order valence-corrected chi connectivity index (χ3v) is 4.91. The van der Waals surface area contributed by atoms with Crippen LogP contribution < -0.4 is 10.1 Å². The van der Waals surface area contributed by atoms with Gasteiger partial charge in [-0.2, -0.15) is 5.10 Å². The highest BCUT2D eigenvalue weighted by Crippen LogP contribution is 2.32. The Kier molecular flexibility index (Phi) is 5.86. The third kappa shape index (κ3) is 3.35. The summed E-state index contributed by atoms with van der Waals surface area (Å²) in [6.07, 6.45) is 2.87. The van der Waals surface area contributed by atoms with E-state index in [1.165, 1.54) is 8.45 Å². The van der Waals surface area contributed by atoms with E-state index in [-0.39, 0.29) is 6.04 Å². The first-order valence-corrected chi connectivity index (χ1v) is 8.74. The van der Waals surface area contributed by atoms with Crippen LogP contribution in [0.2, 0.25) is 0 Å². The summed E-state index contributed by atoms with van der Waals surface area (Å²) in [6, 6.07) is 2.35. The van der Waals surface area contributed by atoms with Gasteiger partial charge in [-0.05, 0) is 52.6 Å². The van der Waals surface area contributed by atoms with Crippen molar-refractivity contribution in [2.24, 2.45) is 0 Å². The number of hydrogen-bond donors (Lipinski definition) is 1. The Morgan fingerprint density at radius 3 is 2.85 bits per heavy atom. The lowest BCUT2D eigenvalue weighted by Gasteiger charge is -2.20. The molecule has 1 unspecified atom stereocenters. The van der Waals surface area contributed by atoms with Crippen LogP contribution in [-0.4, -0.2) is 23.4 Å². The Balaban J connectivity index is 2.44. The second-order valence-electron chi connectivity index (χ2n) is 4.50. The number of nitrogens with one attached hydrogen (secondary N) is 1. The fourth-order valence-electron chi connectivity index (χ4n) is 2.27. The number of thiophene rings is 1. The molecule has 2 heterocycles. The molecule has 0 radical (unpaired) electrons. The van der Waals surface area contributed by atoms with Gasteiger partial charge in [-0.25, -0.2) is 0 Å². The van der Waals surface area contributed by atoms with Gasteiger partial charge in [0.2, 0.25) is 0 Å². The van der Waals surface area contributed by atoms with Crippen molar-refractivity contribution in [1.29, 1.82) is 0 Å². The highest BCUT2D eigenvalue weighted by atomic mass is 127. The Labute approximate surface area is 137 Å². The SMILES string of the molecule is CCCn1ncc(OC)c1C(NCC)c1csc(I)c1. The van der Waals surface area contributed by atoms with E-state index in [2.05, 4.69) is 63.0 Å². The Morgan fingerprint density at radius 2 is 2.30 bits per heavy atom. The fraction of sp³-hybridized carbons (Fsp3) is 0.500. The van der Waals surface area contributed by atoms with Crippen LogP contribution in [0.15, 0.2) is 17.6 Å². The molecule has 0 aromatic carbocycles. The molecule has 1 N–H and O–H groups in total. The molecule has 110 valence electrons. The molecule has 1 atom stereocenters. The van der Waals surface area contributed by atoms with Crippen molar-refractivity contribution in [3.8, 4) is 5.75 Å². The highest BCUT2D eigenvalue weighted by molar-refractivity contribution is 14.1. The zero-order chi connectivity index (χ0) is 14.5. The third-order valence-electron chi connectivity index (χ3n) is 3.10. The highest BCUT2D eigenvalue weighted by Gasteiger charge is 2.23. The first-order valence-electron chi connectivity index (χ1n) is 6.78. The minimum atomic E-state index is 0.128. The Morgan fingerprint density at radius 1 is 1.50 bits per heavy atom. The van der Waals surface area contributed by atoms with Gasteiger partial charge >= 0.3 is 0 Å². The number of halogens is 1. The van der Waals surface area contributed by atoms with E-state index in [0.29, 0.717) is 0 Å². The molecule has 4 nitrogen and oxygen atoms in total. The van der Waals surface area contributed by atoms with Crippen LogP contribution in [0.5, 0.6) is 5.75 Å². The molecule has 2 aromatic rings. The van der Waals surface area contributed by atoms with Gasteiger partial charge in [0.1, 0.15) is 5.69 Å². The number of ether oxygens (including phenoxy) is 1. The zero-order valence-corrected chi connectivity index (χ0v) is 15.0. The van der Waals surface area contributed by atoms with Crippen LogP contribution in [0, 0.1) is 2.88 Å². The van der Waals surface area contributed by atoms with Crippen LogP contribution in [0.1, 0.15) is 37.6 Å². The van der Waals surface area contributed by atoms with Crippen molar-refractivity contribution in [3.63, 3.8) is 0 Å². The predicted octanol–water partition coefficient (Wildman–Crippen LogP) is 3.67. The monoisotopic (exact) mass is 405 g/mol. The summed E-state index contributed by atoms with van der Waals surface area (Å²) in [4.78, 5) is 0. The van der Waals surface area contributed by atoms with Gasteiger partial charge in [-0.1, -0.05) is 13.8 Å². The van der Waals surface area contributed by atoms with Crippen molar-refractivity contribution in [1.82, 2.24) is 15.1 Å². The number of nitrogens with zero attached hydrogens (tertiary/aromatic N) is 2. The predicted molar refractivity (Wildman–Crippen MR) is 91.6 cm³/mol. The Hall–Kier alpha value is -0.600. The molecule has 0 saturated carbocycles. The second kappa shape index (κ2) is 7.42. The summed E-state index contributed by atoms with van der Waals surface area (Å²) in [5.41, 5.74) is 2.39. The maximum absolute atomic E-state index is 5.51. The second-order valence-corrected chi connectivity index (χ2v) is 7.30. The van der Waals surface area contributed by atoms with E-state index < -0.39 is 0 Å². The molecular formula is C14H20IN3OS. The molecule has 2 rings (SSSR count). The minimum absolute atomic E-state index is 0.128. The molecule has 0 fully saturated rings. The van der Waals surface area contributed by atoms with Crippen molar-refractivity contribution in [2.75, 3.05) is 13.7 Å². The van der Waals surface area contributed by atoms with E-state index in [4.69, 9.17) is 4.74 Å². The average Bonchev–Trinajstić information content (AvgIpc) is 3.03. The lowest BCUT2D eigenvalue weighted by molar-refractivity contribution is 0.398. The van der Waals surface area contributed by atoms with Gasteiger partial charge in [-0.15, -0.1) is 11.3 Å². The van der Waals surface area contributed by atoms with Gasteiger partial charge in [0.05, 0.1) is 22.2 Å². The fourth-order valence-corrected chi connectivity index (χ4v) is 3.67. The number of aryl methyl sites for hydroxylation is 1. The van der Waals surface area contributed by atoms with Crippen LogP contribution in [0.4, 0.5) is 0 Å². The summed E-state index contributed by atoms with van der Waals surface area (Å²) < 4.78 is 8.85. The van der Waals surface area contributed by atoms with Crippen LogP contribution in [0.25, 0.3) is 0 Å². The molecular weight excluding hydrogens is 385 g/mol. The van der Waals surface area contributed by atoms with Crippen LogP contribution in [0.3, 0.4) is 0 Å². The van der Waals surface area contributed by atoms with Crippen molar-refractivity contribution in [2.45, 2.75) is 32.9 Å². The van der Waals surface area contributed by atoms with Crippen LogP contribution >= 0.6 is 33.9 Å². The number of methoxy groups -OCH3 is 1. The van der Waals surface area contributed by atoms with Gasteiger partial charge in [0.25, 0.3) is 0 Å². The quantitative estimate of drug-likeness (QED) is 0.715. The largest absolute Gasteiger partial charge is 0.493 e. The molecule has 2 aromatic heterocycles. The summed E-state index contributed by atoms with van der Waals surface area (Å²) in [5, 5.41) is 10.2. The molecule has 0 saturated heterocycles. The van der Waals surface area contributed by atoms with Crippen LogP contribution in [-0.2, 0) is 6.54 Å². The maximum atomic E-state index is 5.51. The van der Waals surface area contributed by atoms with E-state index in [0.717, 1.165) is 31.0 Å². The normalized spacial score (nSPS) is 12.6. The van der Waals surface area contributed by atoms with Crippen molar-refractivity contribution >= 4 is 33.9 Å². The van der Waals surface area contributed by atoms with Gasteiger partial charge in [-0.3, -0.25) is 4.68 Å². The summed E-state index contributed by atoms with van der Waals surface area (Å²) >= 11 is 4.13. The standard InChI is InChI=1S/C14H20IN3OS/c1-4-6-18-14(11(19-3)8-17-18)13(16-5-2)10-7-12(15)20-9-10/h7-9,13,16H,4-6H2,1-3H3. The molecule has 0 aliphatic heterocycles.